The van der Waals surface area contributed by atoms with Gasteiger partial charge in [0.05, 0.1) is 11.4 Å². The molecule has 1 unspecified atom stereocenters. The summed E-state index contributed by atoms with van der Waals surface area (Å²) in [6.45, 7) is 13.7. The van der Waals surface area contributed by atoms with Gasteiger partial charge in [-0.2, -0.15) is 0 Å². The molecule has 2 nitrogen and oxygen atoms in total. The predicted molar refractivity (Wildman–Crippen MR) is 60.4 cm³/mol. The highest BCUT2D eigenvalue weighted by atomic mass is 16.6. The van der Waals surface area contributed by atoms with Crippen molar-refractivity contribution in [1.82, 2.24) is 0 Å². The van der Waals surface area contributed by atoms with Crippen molar-refractivity contribution in [1.29, 1.82) is 0 Å². The van der Waals surface area contributed by atoms with Crippen LogP contribution in [0.1, 0.15) is 41.5 Å². The minimum atomic E-state index is -0.462. The molecule has 1 radical (unpaired) electrons. The predicted octanol–water partition coefficient (Wildman–Crippen LogP) is 2.70. The van der Waals surface area contributed by atoms with Gasteiger partial charge < -0.3 is 4.74 Å². The molecular formula is C11H22BO2. The molecule has 0 aliphatic rings. The maximum Gasteiger partial charge on any atom is 0.308 e. The summed E-state index contributed by atoms with van der Waals surface area (Å²) in [4.78, 5) is 11.7. The first kappa shape index (κ1) is 13.5. The largest absolute Gasteiger partial charge is 0.469 e. The molecule has 0 aliphatic heterocycles. The average molecular weight is 197 g/mol. The Morgan fingerprint density at radius 1 is 1.21 bits per heavy atom. The molecule has 81 valence electrons. The third kappa shape index (κ3) is 4.16. The fraction of sp³-hybridized carbons (Fsp3) is 0.909. The Bertz CT molecular complexity index is 204. The molecule has 0 saturated heterocycles. The zero-order valence-corrected chi connectivity index (χ0v) is 10.5. The Labute approximate surface area is 88.7 Å². The highest BCUT2D eigenvalue weighted by Crippen LogP contribution is 2.27. The van der Waals surface area contributed by atoms with Crippen molar-refractivity contribution in [3.8, 4) is 0 Å². The van der Waals surface area contributed by atoms with E-state index in [1.54, 1.807) is 0 Å². The molecule has 0 bridgehead atoms. The van der Waals surface area contributed by atoms with Crippen LogP contribution >= 0.6 is 0 Å². The van der Waals surface area contributed by atoms with Gasteiger partial charge in [-0.05, 0) is 19.3 Å². The van der Waals surface area contributed by atoms with Crippen molar-refractivity contribution in [2.45, 2.75) is 53.9 Å². The normalized spacial score (nSPS) is 14.8. The van der Waals surface area contributed by atoms with Crippen LogP contribution in [0, 0.1) is 11.3 Å². The maximum absolute atomic E-state index is 11.7. The number of carbonyl (C=O) groups excluding carboxylic acids is 1. The lowest BCUT2D eigenvalue weighted by molar-refractivity contribution is -0.158. The molecule has 0 amide bonds. The number of rotatable bonds is 3. The summed E-state index contributed by atoms with van der Waals surface area (Å²) in [5.74, 6) is -0.206. The zero-order valence-electron chi connectivity index (χ0n) is 10.5. The third-order valence-electron chi connectivity index (χ3n) is 2.71. The van der Waals surface area contributed by atoms with E-state index in [0.717, 1.165) is 0 Å². The summed E-state index contributed by atoms with van der Waals surface area (Å²) in [6.07, 6.45) is 0. The third-order valence-corrected chi connectivity index (χ3v) is 2.71. The van der Waals surface area contributed by atoms with E-state index in [1.165, 1.54) is 0 Å². The van der Waals surface area contributed by atoms with E-state index < -0.39 is 5.50 Å². The first-order chi connectivity index (χ1) is 6.10. The Balaban J connectivity index is 4.37. The summed E-state index contributed by atoms with van der Waals surface area (Å²) in [5, 5.41) is 0. The summed E-state index contributed by atoms with van der Waals surface area (Å²) >= 11 is 0. The second kappa shape index (κ2) is 4.37. The fourth-order valence-electron chi connectivity index (χ4n) is 0.760. The summed E-state index contributed by atoms with van der Waals surface area (Å²) < 4.78 is 5.38. The van der Waals surface area contributed by atoms with Gasteiger partial charge in [0, 0.05) is 0 Å². The van der Waals surface area contributed by atoms with Crippen LogP contribution in [0.25, 0.3) is 0 Å². The second-order valence-electron chi connectivity index (χ2n) is 5.40. The number of carbonyl (C=O) groups is 1. The smallest absolute Gasteiger partial charge is 0.308 e. The van der Waals surface area contributed by atoms with Gasteiger partial charge in [0.2, 0.25) is 0 Å². The Morgan fingerprint density at radius 2 is 1.64 bits per heavy atom. The Morgan fingerprint density at radius 3 is 1.93 bits per heavy atom. The summed E-state index contributed by atoms with van der Waals surface area (Å²) in [6, 6.07) is 0. The van der Waals surface area contributed by atoms with Gasteiger partial charge in [0.15, 0.2) is 7.28 Å². The van der Waals surface area contributed by atoms with Gasteiger partial charge in [-0.3, -0.25) is 4.79 Å². The molecule has 0 aliphatic carbocycles. The lowest BCUT2D eigenvalue weighted by Gasteiger charge is -2.30. The SMILES string of the molecule is C[B]C(C)(C)OC(=O)C(C)C(C)(C)C. The number of hydrogen-bond donors (Lipinski definition) is 0. The number of ether oxygens (including phenoxy) is 1. The van der Waals surface area contributed by atoms with Crippen molar-refractivity contribution in [2.75, 3.05) is 0 Å². The zero-order chi connectivity index (χ0) is 11.6. The van der Waals surface area contributed by atoms with E-state index in [9.17, 15) is 4.79 Å². The molecule has 0 rings (SSSR count). The molecular weight excluding hydrogens is 175 g/mol. The van der Waals surface area contributed by atoms with Gasteiger partial charge in [-0.1, -0.05) is 34.5 Å². The van der Waals surface area contributed by atoms with Crippen LogP contribution in [-0.4, -0.2) is 18.7 Å². The summed E-state index contributed by atoms with van der Waals surface area (Å²) in [5.41, 5.74) is -0.502. The fourth-order valence-corrected chi connectivity index (χ4v) is 0.760. The second-order valence-corrected chi connectivity index (χ2v) is 5.40. The minimum Gasteiger partial charge on any atom is -0.469 e. The van der Waals surface area contributed by atoms with Crippen molar-refractivity contribution in [2.24, 2.45) is 11.3 Å². The molecule has 0 aromatic carbocycles. The molecule has 0 aromatic heterocycles. The highest BCUT2D eigenvalue weighted by molar-refractivity contribution is 6.37. The first-order valence-corrected chi connectivity index (χ1v) is 5.13. The van der Waals surface area contributed by atoms with E-state index in [4.69, 9.17) is 4.74 Å². The van der Waals surface area contributed by atoms with Crippen LogP contribution in [0.3, 0.4) is 0 Å². The van der Waals surface area contributed by atoms with E-state index in [-0.39, 0.29) is 17.3 Å². The van der Waals surface area contributed by atoms with Gasteiger partial charge in [-0.25, -0.2) is 0 Å². The van der Waals surface area contributed by atoms with Crippen LogP contribution in [0.4, 0.5) is 0 Å². The Kier molecular flexibility index (Phi) is 4.23. The van der Waals surface area contributed by atoms with Crippen LogP contribution in [0.15, 0.2) is 0 Å². The van der Waals surface area contributed by atoms with Crippen molar-refractivity contribution >= 4 is 13.2 Å². The molecule has 0 heterocycles. The Hall–Kier alpha value is -0.465. The minimum absolute atomic E-state index is 0.0408. The van der Waals surface area contributed by atoms with Crippen molar-refractivity contribution < 1.29 is 9.53 Å². The van der Waals surface area contributed by atoms with Gasteiger partial charge in [-0.15, -0.1) is 0 Å². The highest BCUT2D eigenvalue weighted by Gasteiger charge is 2.31. The maximum atomic E-state index is 11.7. The van der Waals surface area contributed by atoms with Crippen LogP contribution in [-0.2, 0) is 9.53 Å². The van der Waals surface area contributed by atoms with Crippen LogP contribution in [0.2, 0.25) is 6.82 Å². The lowest BCUT2D eigenvalue weighted by Crippen LogP contribution is -2.38. The van der Waals surface area contributed by atoms with Gasteiger partial charge >= 0.3 is 5.97 Å². The monoisotopic (exact) mass is 197 g/mol. The molecule has 0 spiro atoms. The molecule has 0 N–H and O–H groups in total. The molecule has 1 atom stereocenters. The lowest BCUT2D eigenvalue weighted by atomic mass is 9.65. The molecule has 0 aromatic rings. The standard InChI is InChI=1S/C11H22BO2/c1-8(10(2,3)4)9(13)14-11(5,6)12-7/h8H,1-7H3. The number of esters is 1. The van der Waals surface area contributed by atoms with E-state index in [0.29, 0.717) is 0 Å². The van der Waals surface area contributed by atoms with E-state index >= 15 is 0 Å². The summed E-state index contributed by atoms with van der Waals surface area (Å²) in [7, 11) is 1.89. The molecule has 0 fully saturated rings. The molecule has 14 heavy (non-hydrogen) atoms. The topological polar surface area (TPSA) is 26.3 Å². The average Bonchev–Trinajstić information content (AvgIpc) is 2.00. The van der Waals surface area contributed by atoms with Gasteiger partial charge in [0.1, 0.15) is 0 Å². The molecule has 0 saturated carbocycles. The molecule has 3 heteroatoms. The van der Waals surface area contributed by atoms with Crippen LogP contribution < -0.4 is 0 Å². The number of hydrogen-bond acceptors (Lipinski definition) is 2. The van der Waals surface area contributed by atoms with Gasteiger partial charge in [0.25, 0.3) is 0 Å². The first-order valence-electron chi connectivity index (χ1n) is 5.13. The van der Waals surface area contributed by atoms with E-state index in [1.807, 2.05) is 55.6 Å². The quantitative estimate of drug-likeness (QED) is 0.513. The van der Waals surface area contributed by atoms with Crippen molar-refractivity contribution in [3.05, 3.63) is 0 Å². The van der Waals surface area contributed by atoms with Crippen molar-refractivity contribution in [3.63, 3.8) is 0 Å². The van der Waals surface area contributed by atoms with Crippen LogP contribution in [0.5, 0.6) is 0 Å². The van der Waals surface area contributed by atoms with E-state index in [2.05, 4.69) is 0 Å².